The van der Waals surface area contributed by atoms with Gasteiger partial charge in [-0.15, -0.1) is 11.3 Å². The summed E-state index contributed by atoms with van der Waals surface area (Å²) >= 11 is 1.07. The van der Waals surface area contributed by atoms with Crippen LogP contribution in [0.5, 0.6) is 5.75 Å². The van der Waals surface area contributed by atoms with Gasteiger partial charge >= 0.3 is 5.97 Å². The van der Waals surface area contributed by atoms with Crippen LogP contribution in [0.15, 0.2) is 11.4 Å². The Hall–Kier alpha value is -1.56. The molecule has 16 heavy (non-hydrogen) atoms. The number of ether oxygens (including phenoxy) is 1. The van der Waals surface area contributed by atoms with Crippen LogP contribution >= 0.6 is 11.3 Å². The number of hydrogen-bond acceptors (Lipinski definition) is 4. The van der Waals surface area contributed by atoms with Crippen LogP contribution in [0.3, 0.4) is 0 Å². The smallest absolute Gasteiger partial charge is 0.349 e. The second-order valence-electron chi connectivity index (χ2n) is 3.41. The molecule has 0 saturated carbocycles. The molecule has 0 aromatic carbocycles. The van der Waals surface area contributed by atoms with Crippen LogP contribution in [0.1, 0.15) is 16.6 Å². The minimum atomic E-state index is -1.05. The van der Waals surface area contributed by atoms with Crippen LogP contribution in [0, 0.1) is 0 Å². The van der Waals surface area contributed by atoms with Crippen molar-refractivity contribution in [3.05, 3.63) is 16.3 Å². The van der Waals surface area contributed by atoms with E-state index in [1.807, 2.05) is 0 Å². The zero-order valence-electron chi connectivity index (χ0n) is 9.26. The van der Waals surface area contributed by atoms with Crippen LogP contribution in [-0.2, 0) is 4.79 Å². The Morgan fingerprint density at radius 3 is 2.62 bits per heavy atom. The van der Waals surface area contributed by atoms with Crippen molar-refractivity contribution in [1.29, 1.82) is 0 Å². The van der Waals surface area contributed by atoms with Gasteiger partial charge in [0.2, 0.25) is 0 Å². The normalized spacial score (nSPS) is 11.9. The van der Waals surface area contributed by atoms with Gasteiger partial charge in [0.1, 0.15) is 5.75 Å². The van der Waals surface area contributed by atoms with Crippen molar-refractivity contribution >= 4 is 23.2 Å². The van der Waals surface area contributed by atoms with Crippen molar-refractivity contribution in [2.24, 2.45) is 0 Å². The molecule has 0 aliphatic heterocycles. The number of hydrogen-bond donors (Lipinski definition) is 1. The number of amides is 1. The molecule has 1 rings (SSSR count). The first kappa shape index (κ1) is 12.5. The number of carbonyl (C=O) groups is 2. The summed E-state index contributed by atoms with van der Waals surface area (Å²) in [7, 11) is 3.24. The highest BCUT2D eigenvalue weighted by molar-refractivity contribution is 7.12. The van der Waals surface area contributed by atoms with Crippen LogP contribution < -0.4 is 4.74 Å². The summed E-state index contributed by atoms with van der Waals surface area (Å²) in [4.78, 5) is 23.8. The zero-order valence-corrected chi connectivity index (χ0v) is 10.1. The van der Waals surface area contributed by atoms with E-state index >= 15 is 0 Å². The van der Waals surface area contributed by atoms with E-state index in [0.29, 0.717) is 0 Å². The van der Waals surface area contributed by atoms with Crippen molar-refractivity contribution in [2.75, 3.05) is 14.1 Å². The van der Waals surface area contributed by atoms with Gasteiger partial charge < -0.3 is 14.7 Å². The lowest BCUT2D eigenvalue weighted by atomic mass is 10.3. The molecule has 0 radical (unpaired) electrons. The molecule has 1 amide bonds. The molecule has 0 aliphatic carbocycles. The summed E-state index contributed by atoms with van der Waals surface area (Å²) in [6.07, 6.45) is -0.692. The Labute approximate surface area is 97.3 Å². The van der Waals surface area contributed by atoms with Crippen LogP contribution in [0.25, 0.3) is 0 Å². The summed E-state index contributed by atoms with van der Waals surface area (Å²) in [5.41, 5.74) is 0. The van der Waals surface area contributed by atoms with Crippen molar-refractivity contribution in [2.45, 2.75) is 13.0 Å². The van der Waals surface area contributed by atoms with Gasteiger partial charge in [-0.3, -0.25) is 4.79 Å². The minimum Gasteiger partial charge on any atom is -0.479 e. The molecular formula is C10H13NO4S. The van der Waals surface area contributed by atoms with E-state index in [0.717, 1.165) is 11.3 Å². The molecule has 0 fully saturated rings. The summed E-state index contributed by atoms with van der Waals surface area (Å²) < 4.78 is 5.31. The Balaban J connectivity index is 2.77. The Morgan fingerprint density at radius 2 is 2.12 bits per heavy atom. The minimum absolute atomic E-state index is 0.110. The molecule has 1 N–H and O–H groups in total. The monoisotopic (exact) mass is 243 g/mol. The Bertz CT molecular complexity index is 399. The maximum Gasteiger partial charge on any atom is 0.349 e. The predicted molar refractivity (Wildman–Crippen MR) is 60.1 cm³/mol. The van der Waals surface area contributed by atoms with Gasteiger partial charge in [-0.1, -0.05) is 0 Å². The fourth-order valence-corrected chi connectivity index (χ4v) is 1.81. The maximum absolute atomic E-state index is 11.5. The number of nitrogens with zero attached hydrogens (tertiary/aromatic N) is 1. The van der Waals surface area contributed by atoms with E-state index in [1.165, 1.54) is 4.90 Å². The van der Waals surface area contributed by atoms with Crippen LogP contribution in [0.2, 0.25) is 0 Å². The van der Waals surface area contributed by atoms with Gasteiger partial charge in [-0.05, 0) is 18.4 Å². The van der Waals surface area contributed by atoms with Gasteiger partial charge in [-0.2, -0.15) is 0 Å². The average Bonchev–Trinajstić information content (AvgIpc) is 2.64. The van der Waals surface area contributed by atoms with Gasteiger partial charge in [0.25, 0.3) is 5.91 Å². The largest absolute Gasteiger partial charge is 0.479 e. The maximum atomic E-state index is 11.5. The Kier molecular flexibility index (Phi) is 3.89. The van der Waals surface area contributed by atoms with E-state index in [9.17, 15) is 9.59 Å². The first-order valence-electron chi connectivity index (χ1n) is 4.62. The summed E-state index contributed by atoms with van der Waals surface area (Å²) in [5, 5.41) is 10.5. The molecule has 0 spiro atoms. The molecule has 88 valence electrons. The first-order chi connectivity index (χ1) is 7.43. The molecule has 1 heterocycles. The van der Waals surface area contributed by atoms with Gasteiger partial charge in [0.15, 0.2) is 11.0 Å². The third-order valence-electron chi connectivity index (χ3n) is 1.92. The fraction of sp³-hybridized carbons (Fsp3) is 0.400. The molecule has 1 aromatic rings. The number of rotatable bonds is 4. The molecule has 0 saturated heterocycles. The lowest BCUT2D eigenvalue weighted by Crippen LogP contribution is -2.35. The zero-order chi connectivity index (χ0) is 12.3. The molecule has 0 bridgehead atoms. The SMILES string of the molecule is CC(Oc1ccsc1C(=O)O)C(=O)N(C)C. The molecular weight excluding hydrogens is 230 g/mol. The van der Waals surface area contributed by atoms with E-state index in [2.05, 4.69) is 0 Å². The lowest BCUT2D eigenvalue weighted by Gasteiger charge is -2.17. The molecule has 1 unspecified atom stereocenters. The van der Waals surface area contributed by atoms with E-state index in [1.54, 1.807) is 32.5 Å². The van der Waals surface area contributed by atoms with E-state index < -0.39 is 12.1 Å². The number of aromatic carboxylic acids is 1. The second kappa shape index (κ2) is 4.98. The Morgan fingerprint density at radius 1 is 1.50 bits per heavy atom. The van der Waals surface area contributed by atoms with Crippen molar-refractivity contribution < 1.29 is 19.4 Å². The third kappa shape index (κ3) is 2.73. The summed E-state index contributed by atoms with van der Waals surface area (Å²) in [6.45, 7) is 1.59. The number of likely N-dealkylation sites (N-methyl/N-ethyl adjacent to an activating group) is 1. The van der Waals surface area contributed by atoms with Gasteiger partial charge in [0, 0.05) is 14.1 Å². The average molecular weight is 243 g/mol. The highest BCUT2D eigenvalue weighted by Crippen LogP contribution is 2.25. The van der Waals surface area contributed by atoms with E-state index in [4.69, 9.17) is 9.84 Å². The van der Waals surface area contributed by atoms with Crippen molar-refractivity contribution in [3.63, 3.8) is 0 Å². The number of carbonyl (C=O) groups excluding carboxylic acids is 1. The summed E-state index contributed by atoms with van der Waals surface area (Å²) in [5.74, 6) is -1.02. The standard InChI is InChI=1S/C10H13NO4S/c1-6(9(12)11(2)3)15-7-4-5-16-8(7)10(13)14/h4-6H,1-3H3,(H,13,14). The molecule has 6 heteroatoms. The van der Waals surface area contributed by atoms with Gasteiger partial charge in [0.05, 0.1) is 0 Å². The summed E-state index contributed by atoms with van der Waals surface area (Å²) in [6, 6.07) is 1.55. The number of carboxylic acids is 1. The second-order valence-corrected chi connectivity index (χ2v) is 4.33. The van der Waals surface area contributed by atoms with Crippen LogP contribution in [0.4, 0.5) is 0 Å². The number of thiophene rings is 1. The van der Waals surface area contributed by atoms with E-state index in [-0.39, 0.29) is 16.5 Å². The lowest BCUT2D eigenvalue weighted by molar-refractivity contribution is -0.135. The fourth-order valence-electron chi connectivity index (χ4n) is 1.15. The highest BCUT2D eigenvalue weighted by atomic mass is 32.1. The molecule has 5 nitrogen and oxygen atoms in total. The molecule has 0 aliphatic rings. The van der Waals surface area contributed by atoms with Gasteiger partial charge in [-0.25, -0.2) is 4.79 Å². The first-order valence-corrected chi connectivity index (χ1v) is 5.50. The molecule has 1 atom stereocenters. The predicted octanol–water partition coefficient (Wildman–Crippen LogP) is 1.30. The highest BCUT2D eigenvalue weighted by Gasteiger charge is 2.20. The topological polar surface area (TPSA) is 66.8 Å². The van der Waals surface area contributed by atoms with Crippen LogP contribution in [-0.4, -0.2) is 42.1 Å². The molecule has 1 aromatic heterocycles. The van der Waals surface area contributed by atoms with Crippen molar-refractivity contribution in [1.82, 2.24) is 4.90 Å². The van der Waals surface area contributed by atoms with Crippen molar-refractivity contribution in [3.8, 4) is 5.75 Å². The quantitative estimate of drug-likeness (QED) is 0.865. The number of carboxylic acid groups (broad SMARTS) is 1. The third-order valence-corrected chi connectivity index (χ3v) is 2.80.